The van der Waals surface area contributed by atoms with E-state index in [4.69, 9.17) is 4.74 Å². The van der Waals surface area contributed by atoms with Crippen molar-refractivity contribution >= 4 is 23.3 Å². The molecular formula is C20H28N2O3S. The Bertz CT molecular complexity index is 670. The Kier molecular flexibility index (Phi) is 5.80. The third-order valence-corrected chi connectivity index (χ3v) is 6.44. The van der Waals surface area contributed by atoms with Crippen LogP contribution < -0.4 is 0 Å². The van der Waals surface area contributed by atoms with E-state index in [0.717, 1.165) is 31.2 Å². The summed E-state index contributed by atoms with van der Waals surface area (Å²) in [5.41, 5.74) is 1.000. The minimum atomic E-state index is -1.22. The number of ether oxygens (including phenoxy) is 1. The summed E-state index contributed by atoms with van der Waals surface area (Å²) in [5, 5.41) is 0. The van der Waals surface area contributed by atoms with Gasteiger partial charge in [-0.2, -0.15) is 4.40 Å². The van der Waals surface area contributed by atoms with Crippen molar-refractivity contribution in [1.29, 1.82) is 0 Å². The third kappa shape index (κ3) is 4.53. The molecule has 0 saturated carbocycles. The summed E-state index contributed by atoms with van der Waals surface area (Å²) >= 11 is 0. The molecule has 0 aliphatic carbocycles. The maximum atomic E-state index is 12.6. The second-order valence-electron chi connectivity index (χ2n) is 8.18. The largest absolute Gasteiger partial charge is 0.445 e. The van der Waals surface area contributed by atoms with Crippen molar-refractivity contribution in [3.63, 3.8) is 0 Å². The Morgan fingerprint density at radius 1 is 1.23 bits per heavy atom. The van der Waals surface area contributed by atoms with Gasteiger partial charge in [-0.1, -0.05) is 30.3 Å². The Labute approximate surface area is 158 Å². The predicted octanol–water partition coefficient (Wildman–Crippen LogP) is 4.10. The zero-order valence-electron chi connectivity index (χ0n) is 15.8. The number of amides is 1. The molecule has 0 aromatic heterocycles. The summed E-state index contributed by atoms with van der Waals surface area (Å²) < 4.78 is 21.6. The minimum Gasteiger partial charge on any atom is -0.445 e. The van der Waals surface area contributed by atoms with Gasteiger partial charge < -0.3 is 9.64 Å². The van der Waals surface area contributed by atoms with Gasteiger partial charge in [0.1, 0.15) is 17.6 Å². The van der Waals surface area contributed by atoms with Gasteiger partial charge in [0, 0.05) is 18.3 Å². The first-order valence-corrected chi connectivity index (χ1v) is 10.4. The van der Waals surface area contributed by atoms with Crippen molar-refractivity contribution in [2.45, 2.75) is 69.9 Å². The van der Waals surface area contributed by atoms with E-state index in [9.17, 15) is 9.00 Å². The van der Waals surface area contributed by atoms with E-state index < -0.39 is 11.0 Å². The van der Waals surface area contributed by atoms with Crippen LogP contribution in [0.2, 0.25) is 0 Å². The van der Waals surface area contributed by atoms with Gasteiger partial charge in [0.15, 0.2) is 0 Å². The van der Waals surface area contributed by atoms with Gasteiger partial charge in [0.2, 0.25) is 0 Å². The zero-order chi connectivity index (χ0) is 18.7. The van der Waals surface area contributed by atoms with Gasteiger partial charge in [-0.3, -0.25) is 0 Å². The van der Waals surface area contributed by atoms with Crippen LogP contribution in [0.15, 0.2) is 34.7 Å². The average Bonchev–Trinajstić information content (AvgIpc) is 2.88. The lowest BCUT2D eigenvalue weighted by Gasteiger charge is -2.37. The van der Waals surface area contributed by atoms with E-state index in [1.807, 2.05) is 62.2 Å². The van der Waals surface area contributed by atoms with E-state index in [2.05, 4.69) is 4.40 Å². The molecule has 2 heterocycles. The Hall–Kier alpha value is -1.69. The minimum absolute atomic E-state index is 0.205. The molecule has 26 heavy (non-hydrogen) atoms. The summed E-state index contributed by atoms with van der Waals surface area (Å²) in [6.45, 7) is 6.09. The van der Waals surface area contributed by atoms with Crippen molar-refractivity contribution in [3.8, 4) is 0 Å². The summed E-state index contributed by atoms with van der Waals surface area (Å²) in [4.78, 5) is 14.5. The van der Waals surface area contributed by atoms with E-state index in [0.29, 0.717) is 6.61 Å². The molecule has 2 aliphatic heterocycles. The van der Waals surface area contributed by atoms with Crippen LogP contribution in [0.4, 0.5) is 4.79 Å². The number of hydrogen-bond donors (Lipinski definition) is 0. The highest BCUT2D eigenvalue weighted by atomic mass is 32.2. The Balaban J connectivity index is 1.56. The first-order valence-electron chi connectivity index (χ1n) is 9.30. The first-order chi connectivity index (χ1) is 12.3. The van der Waals surface area contributed by atoms with Gasteiger partial charge >= 0.3 is 6.09 Å². The fraction of sp³-hybridized carbons (Fsp3) is 0.600. The van der Waals surface area contributed by atoms with Gasteiger partial charge in [0.25, 0.3) is 0 Å². The summed E-state index contributed by atoms with van der Waals surface area (Å²) in [7, 11) is -1.22. The summed E-state index contributed by atoms with van der Waals surface area (Å²) in [5.74, 6) is 0.289. The lowest BCUT2D eigenvalue weighted by atomic mass is 9.92. The third-order valence-electron chi connectivity index (χ3n) is 5.08. The number of benzene rings is 1. The molecule has 0 radical (unpaired) electrons. The molecule has 2 saturated heterocycles. The highest BCUT2D eigenvalue weighted by Gasteiger charge is 2.43. The number of piperidine rings is 1. The van der Waals surface area contributed by atoms with E-state index >= 15 is 0 Å². The molecule has 1 aromatic rings. The Morgan fingerprint density at radius 2 is 1.85 bits per heavy atom. The number of carbonyl (C=O) groups excluding carboxylic acids is 1. The van der Waals surface area contributed by atoms with Crippen LogP contribution in [0.1, 0.15) is 52.0 Å². The molecule has 2 fully saturated rings. The molecule has 142 valence electrons. The summed E-state index contributed by atoms with van der Waals surface area (Å²) in [6, 6.07) is 10.2. The van der Waals surface area contributed by atoms with Gasteiger partial charge in [-0.25, -0.2) is 9.00 Å². The molecule has 5 nitrogen and oxygen atoms in total. The highest BCUT2D eigenvalue weighted by molar-refractivity contribution is 7.85. The van der Waals surface area contributed by atoms with Crippen molar-refractivity contribution in [2.75, 3.05) is 0 Å². The molecule has 1 amide bonds. The number of nitrogens with zero attached hydrogens (tertiary/aromatic N) is 2. The lowest BCUT2D eigenvalue weighted by molar-refractivity contribution is 0.0602. The van der Waals surface area contributed by atoms with Crippen molar-refractivity contribution in [1.82, 2.24) is 4.90 Å². The monoisotopic (exact) mass is 376 g/mol. The number of carbonyl (C=O) groups is 1. The molecule has 4 atom stereocenters. The van der Waals surface area contributed by atoms with Crippen LogP contribution in [0.5, 0.6) is 0 Å². The molecule has 2 bridgehead atoms. The molecule has 0 spiro atoms. The second-order valence-corrected chi connectivity index (χ2v) is 10.1. The summed E-state index contributed by atoms with van der Waals surface area (Å²) in [6.07, 6.45) is 5.42. The van der Waals surface area contributed by atoms with Crippen LogP contribution in [0, 0.1) is 5.92 Å². The second kappa shape index (κ2) is 7.91. The smallest absolute Gasteiger partial charge is 0.410 e. The van der Waals surface area contributed by atoms with E-state index in [1.165, 1.54) is 0 Å². The Morgan fingerprint density at radius 3 is 2.42 bits per heavy atom. The van der Waals surface area contributed by atoms with E-state index in [-0.39, 0.29) is 28.8 Å². The number of rotatable bonds is 4. The van der Waals surface area contributed by atoms with Gasteiger partial charge in [0.05, 0.1) is 4.75 Å². The first kappa shape index (κ1) is 19.1. The number of fused-ring (bicyclic) bond motifs is 2. The molecular weight excluding hydrogens is 348 g/mol. The molecule has 0 N–H and O–H groups in total. The van der Waals surface area contributed by atoms with Crippen LogP contribution in [0.25, 0.3) is 0 Å². The lowest BCUT2D eigenvalue weighted by Crippen LogP contribution is -2.47. The van der Waals surface area contributed by atoms with Gasteiger partial charge in [-0.05, 0) is 57.9 Å². The molecule has 1 unspecified atom stereocenters. The average molecular weight is 377 g/mol. The maximum absolute atomic E-state index is 12.6. The van der Waals surface area contributed by atoms with Gasteiger partial charge in [-0.15, -0.1) is 0 Å². The molecule has 6 heteroatoms. The van der Waals surface area contributed by atoms with Crippen LogP contribution in [-0.2, 0) is 22.3 Å². The number of hydrogen-bond acceptors (Lipinski definition) is 3. The molecule has 3 rings (SSSR count). The van der Waals surface area contributed by atoms with Crippen molar-refractivity contribution in [2.24, 2.45) is 10.3 Å². The standard InChI is InChI=1S/C20H28N2O3S/c1-20(2,3)26(24)21-13-16-11-17-9-10-18(12-16)22(17)19(23)25-14-15-7-5-4-6-8-15/h4-8,13,16-18H,9-12,14H2,1-3H3/b21-13-/t16?,17-,18+,26-/m0/s1. The topological polar surface area (TPSA) is 59.0 Å². The fourth-order valence-corrected chi connectivity index (χ4v) is 4.33. The molecule has 1 aromatic carbocycles. The quantitative estimate of drug-likeness (QED) is 0.744. The van der Waals surface area contributed by atoms with Crippen molar-refractivity contribution < 1.29 is 13.7 Å². The van der Waals surface area contributed by atoms with Crippen LogP contribution in [-0.4, -0.2) is 38.2 Å². The maximum Gasteiger partial charge on any atom is 0.410 e. The van der Waals surface area contributed by atoms with E-state index in [1.54, 1.807) is 0 Å². The molecule has 2 aliphatic rings. The fourth-order valence-electron chi connectivity index (χ4n) is 3.73. The predicted molar refractivity (Wildman–Crippen MR) is 104 cm³/mol. The van der Waals surface area contributed by atoms with Crippen LogP contribution in [0.3, 0.4) is 0 Å². The van der Waals surface area contributed by atoms with Crippen molar-refractivity contribution in [3.05, 3.63) is 35.9 Å². The normalized spacial score (nSPS) is 26.9. The SMILES string of the molecule is CC(C)(C)[S@](=O)/N=C\C1C[C@H]2CC[C@@H](C1)N2C(=O)OCc1ccccc1. The zero-order valence-corrected chi connectivity index (χ0v) is 16.6. The highest BCUT2D eigenvalue weighted by Crippen LogP contribution is 2.38. The van der Waals surface area contributed by atoms with Crippen LogP contribution >= 0.6 is 0 Å².